The summed E-state index contributed by atoms with van der Waals surface area (Å²) >= 11 is 0. The fraction of sp³-hybridized carbons (Fsp3) is 0.133. The molecule has 104 valence electrons. The standard InChI is InChI=1S/C15H14O5/c16-11(7-9-3-1-5-12(17)14(9)19)8-10-4-2-6-13(18)15(10)20/h1-6,17-20H,7-8H2. The van der Waals surface area contributed by atoms with E-state index in [0.717, 1.165) is 0 Å². The van der Waals surface area contributed by atoms with Crippen LogP contribution in [0.2, 0.25) is 0 Å². The summed E-state index contributed by atoms with van der Waals surface area (Å²) in [6, 6.07) is 8.78. The van der Waals surface area contributed by atoms with Gasteiger partial charge in [-0.25, -0.2) is 0 Å². The van der Waals surface area contributed by atoms with Crippen LogP contribution in [0.1, 0.15) is 11.1 Å². The molecule has 0 aliphatic heterocycles. The van der Waals surface area contributed by atoms with Crippen molar-refractivity contribution in [2.24, 2.45) is 0 Å². The van der Waals surface area contributed by atoms with Gasteiger partial charge in [-0.05, 0) is 12.1 Å². The Bertz CT molecular complexity index is 593. The van der Waals surface area contributed by atoms with Crippen LogP contribution in [0.4, 0.5) is 0 Å². The molecule has 0 fully saturated rings. The van der Waals surface area contributed by atoms with Crippen LogP contribution in [-0.4, -0.2) is 26.2 Å². The Labute approximate surface area is 115 Å². The van der Waals surface area contributed by atoms with Gasteiger partial charge in [-0.1, -0.05) is 24.3 Å². The zero-order valence-electron chi connectivity index (χ0n) is 10.6. The van der Waals surface area contributed by atoms with Crippen LogP contribution in [0.5, 0.6) is 23.0 Å². The second-order valence-electron chi connectivity index (χ2n) is 4.46. The van der Waals surface area contributed by atoms with Gasteiger partial charge in [0.05, 0.1) is 0 Å². The number of para-hydroxylation sites is 2. The van der Waals surface area contributed by atoms with Gasteiger partial charge in [0.1, 0.15) is 5.78 Å². The van der Waals surface area contributed by atoms with Crippen molar-refractivity contribution in [3.8, 4) is 23.0 Å². The number of rotatable bonds is 4. The molecule has 0 atom stereocenters. The highest BCUT2D eigenvalue weighted by molar-refractivity contribution is 5.84. The van der Waals surface area contributed by atoms with E-state index in [2.05, 4.69) is 0 Å². The molecule has 0 heterocycles. The Morgan fingerprint density at radius 1 is 0.750 bits per heavy atom. The maximum Gasteiger partial charge on any atom is 0.161 e. The molecule has 4 N–H and O–H groups in total. The molecule has 0 amide bonds. The van der Waals surface area contributed by atoms with Crippen molar-refractivity contribution in [3.63, 3.8) is 0 Å². The number of aromatic hydroxyl groups is 4. The van der Waals surface area contributed by atoms with Gasteiger partial charge < -0.3 is 20.4 Å². The summed E-state index contributed by atoms with van der Waals surface area (Å²) < 4.78 is 0. The van der Waals surface area contributed by atoms with Crippen LogP contribution < -0.4 is 0 Å². The fourth-order valence-electron chi connectivity index (χ4n) is 1.93. The van der Waals surface area contributed by atoms with Crippen molar-refractivity contribution < 1.29 is 25.2 Å². The summed E-state index contributed by atoms with van der Waals surface area (Å²) in [5.74, 6) is -1.46. The molecule has 2 aromatic rings. The van der Waals surface area contributed by atoms with Crippen molar-refractivity contribution in [3.05, 3.63) is 47.5 Å². The van der Waals surface area contributed by atoms with E-state index in [1.165, 1.54) is 36.4 Å². The Morgan fingerprint density at radius 3 is 1.55 bits per heavy atom. The van der Waals surface area contributed by atoms with Crippen molar-refractivity contribution in [1.29, 1.82) is 0 Å². The summed E-state index contributed by atoms with van der Waals surface area (Å²) in [5, 5.41) is 37.9. The van der Waals surface area contributed by atoms with Gasteiger partial charge in [-0.2, -0.15) is 0 Å². The van der Waals surface area contributed by atoms with E-state index in [4.69, 9.17) is 0 Å². The molecule has 0 aliphatic carbocycles. The lowest BCUT2D eigenvalue weighted by atomic mass is 10.0. The lowest BCUT2D eigenvalue weighted by Gasteiger charge is -2.07. The summed E-state index contributed by atoms with van der Waals surface area (Å²) in [4.78, 5) is 11.9. The zero-order chi connectivity index (χ0) is 14.7. The van der Waals surface area contributed by atoms with Crippen LogP contribution in [0.25, 0.3) is 0 Å². The molecule has 0 unspecified atom stereocenters. The van der Waals surface area contributed by atoms with E-state index in [0.29, 0.717) is 11.1 Å². The molecule has 2 aromatic carbocycles. The van der Waals surface area contributed by atoms with E-state index in [9.17, 15) is 25.2 Å². The van der Waals surface area contributed by atoms with Gasteiger partial charge >= 0.3 is 0 Å². The molecule has 20 heavy (non-hydrogen) atoms. The number of carbonyl (C=O) groups excluding carboxylic acids is 1. The molecule has 0 saturated heterocycles. The van der Waals surface area contributed by atoms with Crippen molar-refractivity contribution in [1.82, 2.24) is 0 Å². The molecule has 0 aliphatic rings. The molecule has 5 nitrogen and oxygen atoms in total. The number of carbonyl (C=O) groups is 1. The molecule has 5 heteroatoms. The predicted octanol–water partition coefficient (Wildman–Crippen LogP) is 1.86. The molecule has 0 spiro atoms. The molecule has 2 rings (SSSR count). The van der Waals surface area contributed by atoms with Crippen LogP contribution in [0.15, 0.2) is 36.4 Å². The van der Waals surface area contributed by atoms with Gasteiger partial charge in [0, 0.05) is 24.0 Å². The molecular weight excluding hydrogens is 260 g/mol. The third-order valence-corrected chi connectivity index (χ3v) is 2.97. The first-order valence-corrected chi connectivity index (χ1v) is 6.00. The minimum atomic E-state index is -0.319. The van der Waals surface area contributed by atoms with Gasteiger partial charge in [0.25, 0.3) is 0 Å². The number of Topliss-reactive ketones (excluding diaryl/α,β-unsaturated/α-hetero) is 1. The van der Waals surface area contributed by atoms with Crippen LogP contribution in [0.3, 0.4) is 0 Å². The van der Waals surface area contributed by atoms with Gasteiger partial charge in [0.15, 0.2) is 23.0 Å². The minimum absolute atomic E-state index is 0.0741. The molecule has 0 radical (unpaired) electrons. The highest BCUT2D eigenvalue weighted by atomic mass is 16.3. The third kappa shape index (κ3) is 2.83. The summed E-state index contributed by atoms with van der Waals surface area (Å²) in [6.45, 7) is 0. The highest BCUT2D eigenvalue weighted by Gasteiger charge is 2.14. The fourth-order valence-corrected chi connectivity index (χ4v) is 1.93. The van der Waals surface area contributed by atoms with E-state index in [1.807, 2.05) is 0 Å². The zero-order valence-corrected chi connectivity index (χ0v) is 10.6. The van der Waals surface area contributed by atoms with E-state index in [1.54, 1.807) is 0 Å². The molecule has 0 aromatic heterocycles. The monoisotopic (exact) mass is 274 g/mol. The van der Waals surface area contributed by atoms with Crippen molar-refractivity contribution >= 4 is 5.78 Å². The van der Waals surface area contributed by atoms with E-state index < -0.39 is 0 Å². The first-order valence-electron chi connectivity index (χ1n) is 6.00. The average Bonchev–Trinajstić information content (AvgIpc) is 2.40. The second kappa shape index (κ2) is 5.52. The van der Waals surface area contributed by atoms with Gasteiger partial charge in [0.2, 0.25) is 0 Å². The van der Waals surface area contributed by atoms with Gasteiger partial charge in [-0.15, -0.1) is 0 Å². The molecule has 0 saturated carbocycles. The summed E-state index contributed by atoms with van der Waals surface area (Å²) in [7, 11) is 0. The normalized spacial score (nSPS) is 10.4. The largest absolute Gasteiger partial charge is 0.504 e. The molecule has 0 bridgehead atoms. The number of hydrogen-bond acceptors (Lipinski definition) is 5. The number of benzene rings is 2. The number of ketones is 1. The number of phenolic OH excluding ortho intramolecular Hbond substituents is 4. The quantitative estimate of drug-likeness (QED) is 0.638. The highest BCUT2D eigenvalue weighted by Crippen LogP contribution is 2.31. The lowest BCUT2D eigenvalue weighted by Crippen LogP contribution is -2.07. The third-order valence-electron chi connectivity index (χ3n) is 2.97. The second-order valence-corrected chi connectivity index (χ2v) is 4.46. The van der Waals surface area contributed by atoms with E-state index in [-0.39, 0.29) is 41.6 Å². The Hall–Kier alpha value is -2.69. The van der Waals surface area contributed by atoms with E-state index >= 15 is 0 Å². The Kier molecular flexibility index (Phi) is 3.79. The minimum Gasteiger partial charge on any atom is -0.504 e. The predicted molar refractivity (Wildman–Crippen MR) is 72.0 cm³/mol. The van der Waals surface area contributed by atoms with Crippen molar-refractivity contribution in [2.45, 2.75) is 12.8 Å². The van der Waals surface area contributed by atoms with Crippen LogP contribution in [-0.2, 0) is 17.6 Å². The smallest absolute Gasteiger partial charge is 0.161 e. The van der Waals surface area contributed by atoms with Crippen LogP contribution in [0, 0.1) is 0 Å². The maximum absolute atomic E-state index is 11.9. The van der Waals surface area contributed by atoms with Gasteiger partial charge in [-0.3, -0.25) is 4.79 Å². The van der Waals surface area contributed by atoms with Crippen molar-refractivity contribution in [2.75, 3.05) is 0 Å². The first-order chi connectivity index (χ1) is 9.49. The average molecular weight is 274 g/mol. The number of hydrogen-bond donors (Lipinski definition) is 4. The van der Waals surface area contributed by atoms with Crippen LogP contribution >= 0.6 is 0 Å². The summed E-state index contributed by atoms with van der Waals surface area (Å²) in [5.41, 5.74) is 0.629. The first kappa shape index (κ1) is 13.7. The maximum atomic E-state index is 11.9. The SMILES string of the molecule is O=C(Cc1cccc(O)c1O)Cc1cccc(O)c1O. The molecular formula is C15H14O5. The summed E-state index contributed by atoms with van der Waals surface area (Å²) in [6.07, 6.45) is -0.148. The Balaban J connectivity index is 2.13. The Morgan fingerprint density at radius 2 is 1.15 bits per heavy atom. The lowest BCUT2D eigenvalue weighted by molar-refractivity contribution is -0.117. The number of phenols is 4. The topological polar surface area (TPSA) is 98.0 Å².